The normalized spacial score (nSPS) is 19.2. The number of allylic oxidation sites excluding steroid dienone is 1. The first-order chi connectivity index (χ1) is 17.1. The lowest BCUT2D eigenvalue weighted by atomic mass is 9.99. The van der Waals surface area contributed by atoms with Crippen LogP contribution < -0.4 is 10.8 Å². The van der Waals surface area contributed by atoms with E-state index in [0.717, 1.165) is 57.2 Å². The molecule has 1 aromatic heterocycles. The molecule has 190 valence electrons. The highest BCUT2D eigenvalue weighted by atomic mass is 16.8. The molecular weight excluding hydrogens is 438 g/mol. The van der Waals surface area contributed by atoms with E-state index in [-0.39, 0.29) is 18.3 Å². The van der Waals surface area contributed by atoms with E-state index in [1.54, 1.807) is 6.08 Å². The van der Waals surface area contributed by atoms with Gasteiger partial charge in [0.15, 0.2) is 6.29 Å². The highest BCUT2D eigenvalue weighted by Gasteiger charge is 2.20. The molecule has 0 radical (unpaired) electrons. The quantitative estimate of drug-likeness (QED) is 0.248. The molecule has 3 N–H and O–H groups in total. The maximum Gasteiger partial charge on any atom is 0.267 e. The zero-order chi connectivity index (χ0) is 25.0. The van der Waals surface area contributed by atoms with E-state index in [4.69, 9.17) is 9.57 Å². The fraction of sp³-hybridized carbons (Fsp3) is 0.483. The smallest absolute Gasteiger partial charge is 0.267 e. The molecule has 2 heterocycles. The average molecular weight is 480 g/mol. The molecule has 6 heteroatoms. The van der Waals surface area contributed by atoms with Crippen LogP contribution in [0.3, 0.4) is 0 Å². The van der Waals surface area contributed by atoms with Crippen LogP contribution in [0.15, 0.2) is 36.4 Å². The summed E-state index contributed by atoms with van der Waals surface area (Å²) in [7, 11) is 0. The Morgan fingerprint density at radius 1 is 1.23 bits per heavy atom. The summed E-state index contributed by atoms with van der Waals surface area (Å²) in [4.78, 5) is 20.9. The number of amides is 1. The Kier molecular flexibility index (Phi) is 10.8. The number of rotatable bonds is 9. The van der Waals surface area contributed by atoms with Gasteiger partial charge in [-0.1, -0.05) is 50.3 Å². The number of aromatic amines is 1. The van der Waals surface area contributed by atoms with E-state index in [2.05, 4.69) is 47.0 Å². The highest BCUT2D eigenvalue weighted by molar-refractivity contribution is 5.90. The van der Waals surface area contributed by atoms with Crippen LogP contribution in [-0.4, -0.2) is 29.8 Å². The number of nitrogens with one attached hydrogen (secondary N) is 3. The van der Waals surface area contributed by atoms with Gasteiger partial charge in [-0.2, -0.15) is 0 Å². The van der Waals surface area contributed by atoms with E-state index in [9.17, 15) is 4.79 Å². The van der Waals surface area contributed by atoms with Gasteiger partial charge < -0.3 is 15.0 Å². The molecule has 4 rings (SSSR count). The monoisotopic (exact) mass is 479 g/mol. The molecule has 1 unspecified atom stereocenters. The molecule has 1 aromatic carbocycles. The fourth-order valence-corrected chi connectivity index (χ4v) is 4.48. The Morgan fingerprint density at radius 3 is 2.80 bits per heavy atom. The minimum Gasteiger partial charge on any atom is -0.362 e. The second kappa shape index (κ2) is 14.0. The third-order valence-corrected chi connectivity index (χ3v) is 6.30. The van der Waals surface area contributed by atoms with Crippen LogP contribution in [0.25, 0.3) is 12.2 Å². The van der Waals surface area contributed by atoms with Crippen molar-refractivity contribution in [2.45, 2.75) is 85.2 Å². The SMILES string of the molecule is CC.Cc1[nH]c2c(c1CCNCc1ccc(/C=C/C(=O)NOC3CCC[C@H](C)O3)cc1)C=CCC2. The number of carbonyl (C=O) groups excluding carboxylic acids is 1. The second-order valence-electron chi connectivity index (χ2n) is 8.95. The van der Waals surface area contributed by atoms with Gasteiger partial charge in [0.25, 0.3) is 5.91 Å². The van der Waals surface area contributed by atoms with Crippen molar-refractivity contribution in [3.05, 3.63) is 70.1 Å². The van der Waals surface area contributed by atoms with Crippen LogP contribution in [0.1, 0.15) is 80.1 Å². The first-order valence-corrected chi connectivity index (χ1v) is 13.0. The predicted molar refractivity (Wildman–Crippen MR) is 143 cm³/mol. The van der Waals surface area contributed by atoms with Crippen molar-refractivity contribution in [1.29, 1.82) is 0 Å². The molecule has 6 nitrogen and oxygen atoms in total. The standard InChI is InChI=1S/C27H35N3O3.C2H6/c1-19-6-5-9-27(32-19)33-30-26(31)15-14-21-10-12-22(13-11-21)18-28-17-16-23-20(2)29-25-8-4-3-7-24(23)25;1-2/h3,7,10-15,19,27-29H,4-6,8-9,16-18H2,1-2H3,(H,30,31);1-2H3/b15-14+;/t19-,27?;/m0./s1. The van der Waals surface area contributed by atoms with Gasteiger partial charge in [-0.15, -0.1) is 0 Å². The lowest BCUT2D eigenvalue weighted by Gasteiger charge is -2.26. The van der Waals surface area contributed by atoms with E-state index in [0.29, 0.717) is 0 Å². The molecule has 2 atom stereocenters. The minimum absolute atomic E-state index is 0.171. The van der Waals surface area contributed by atoms with Gasteiger partial charge in [0, 0.05) is 30.4 Å². The second-order valence-corrected chi connectivity index (χ2v) is 8.95. The van der Waals surface area contributed by atoms with Crippen LogP contribution in [0, 0.1) is 6.92 Å². The van der Waals surface area contributed by atoms with Crippen molar-refractivity contribution in [3.8, 4) is 0 Å². The average Bonchev–Trinajstić information content (AvgIpc) is 3.21. The van der Waals surface area contributed by atoms with Gasteiger partial charge in [0.05, 0.1) is 6.10 Å². The number of hydroxylamine groups is 1. The molecule has 1 aliphatic heterocycles. The zero-order valence-corrected chi connectivity index (χ0v) is 21.7. The van der Waals surface area contributed by atoms with Gasteiger partial charge in [-0.05, 0) is 80.8 Å². The Hall–Kier alpha value is -2.67. The molecule has 0 bridgehead atoms. The Bertz CT molecular complexity index is 991. The van der Waals surface area contributed by atoms with Crippen LogP contribution in [-0.2, 0) is 33.8 Å². The minimum atomic E-state index is -0.360. The molecule has 2 aromatic rings. The lowest BCUT2D eigenvalue weighted by molar-refractivity contribution is -0.217. The topological polar surface area (TPSA) is 75.4 Å². The van der Waals surface area contributed by atoms with Gasteiger partial charge in [-0.25, -0.2) is 10.3 Å². The summed E-state index contributed by atoms with van der Waals surface area (Å²) in [5.41, 5.74) is 10.1. The van der Waals surface area contributed by atoms with E-state index in [1.807, 2.05) is 32.9 Å². The molecule has 2 aliphatic rings. The number of carbonyl (C=O) groups is 1. The molecule has 1 fully saturated rings. The van der Waals surface area contributed by atoms with Gasteiger partial charge in [0.2, 0.25) is 0 Å². The van der Waals surface area contributed by atoms with Crippen molar-refractivity contribution in [1.82, 2.24) is 15.8 Å². The third kappa shape index (κ3) is 8.20. The van der Waals surface area contributed by atoms with Crippen molar-refractivity contribution >= 4 is 18.1 Å². The molecule has 0 saturated carbocycles. The molecule has 35 heavy (non-hydrogen) atoms. The van der Waals surface area contributed by atoms with Crippen LogP contribution in [0.2, 0.25) is 0 Å². The van der Waals surface area contributed by atoms with Gasteiger partial charge in [0.1, 0.15) is 0 Å². The van der Waals surface area contributed by atoms with Crippen LogP contribution in [0.4, 0.5) is 0 Å². The summed E-state index contributed by atoms with van der Waals surface area (Å²) in [5, 5.41) is 3.55. The van der Waals surface area contributed by atoms with Crippen molar-refractivity contribution < 1.29 is 14.4 Å². The van der Waals surface area contributed by atoms with Gasteiger partial charge in [-0.3, -0.25) is 4.79 Å². The Labute approximate surface area is 210 Å². The third-order valence-electron chi connectivity index (χ3n) is 6.30. The van der Waals surface area contributed by atoms with Crippen molar-refractivity contribution in [2.24, 2.45) is 0 Å². The Balaban J connectivity index is 0.00000167. The molecule has 1 saturated heterocycles. The summed E-state index contributed by atoms with van der Waals surface area (Å²) in [6, 6.07) is 8.21. The number of H-pyrrole nitrogens is 1. The van der Waals surface area contributed by atoms with Crippen LogP contribution in [0.5, 0.6) is 0 Å². The highest BCUT2D eigenvalue weighted by Crippen LogP contribution is 2.25. The number of fused-ring (bicyclic) bond motifs is 1. The summed E-state index contributed by atoms with van der Waals surface area (Å²) in [6.07, 6.45) is 13.7. The fourth-order valence-electron chi connectivity index (χ4n) is 4.48. The van der Waals surface area contributed by atoms with Crippen molar-refractivity contribution in [3.63, 3.8) is 0 Å². The molecular formula is C29H41N3O3. The summed E-state index contributed by atoms with van der Waals surface area (Å²) in [6.45, 7) is 9.94. The number of aryl methyl sites for hydroxylation is 2. The number of ether oxygens (including phenoxy) is 1. The number of aromatic nitrogens is 1. The first kappa shape index (κ1) is 26.9. The molecule has 1 amide bonds. The number of benzene rings is 1. The summed E-state index contributed by atoms with van der Waals surface area (Å²) < 4.78 is 5.63. The first-order valence-electron chi connectivity index (χ1n) is 13.0. The summed E-state index contributed by atoms with van der Waals surface area (Å²) >= 11 is 0. The van der Waals surface area contributed by atoms with Crippen LogP contribution >= 0.6 is 0 Å². The van der Waals surface area contributed by atoms with Crippen molar-refractivity contribution in [2.75, 3.05) is 6.54 Å². The zero-order valence-electron chi connectivity index (χ0n) is 21.7. The molecule has 1 aliphatic carbocycles. The van der Waals surface area contributed by atoms with E-state index < -0.39 is 0 Å². The predicted octanol–water partition coefficient (Wildman–Crippen LogP) is 5.62. The summed E-state index contributed by atoms with van der Waals surface area (Å²) in [5.74, 6) is -0.292. The molecule has 0 spiro atoms. The lowest BCUT2D eigenvalue weighted by Crippen LogP contribution is -2.34. The largest absolute Gasteiger partial charge is 0.362 e. The number of hydrogen-bond donors (Lipinski definition) is 3. The maximum absolute atomic E-state index is 12.0. The van der Waals surface area contributed by atoms with E-state index >= 15 is 0 Å². The van der Waals surface area contributed by atoms with E-state index in [1.165, 1.54) is 34.2 Å². The van der Waals surface area contributed by atoms with Gasteiger partial charge >= 0.3 is 0 Å². The number of hydrogen-bond acceptors (Lipinski definition) is 4. The Morgan fingerprint density at radius 2 is 2.03 bits per heavy atom. The maximum atomic E-state index is 12.0.